The first-order valence-corrected chi connectivity index (χ1v) is 8.37. The van der Waals surface area contributed by atoms with Gasteiger partial charge >= 0.3 is 0 Å². The normalized spacial score (nSPS) is 24.3. The average molecular weight is 346 g/mol. The molecule has 0 radical (unpaired) electrons. The summed E-state index contributed by atoms with van der Waals surface area (Å²) in [6.07, 6.45) is 6.08. The zero-order chi connectivity index (χ0) is 18.6. The van der Waals surface area contributed by atoms with Crippen molar-refractivity contribution in [1.29, 1.82) is 0 Å². The molecule has 0 aromatic heterocycles. The predicted octanol–water partition coefficient (Wildman–Crippen LogP) is 1.07. The quantitative estimate of drug-likeness (QED) is 0.733. The lowest BCUT2D eigenvalue weighted by molar-refractivity contribution is -0.317. The molecule has 0 aliphatic heterocycles. The molecule has 3 rings (SSSR count). The molecule has 0 heterocycles. The van der Waals surface area contributed by atoms with Crippen molar-refractivity contribution in [2.24, 2.45) is 10.8 Å². The van der Waals surface area contributed by atoms with E-state index >= 15 is 0 Å². The Morgan fingerprint density at radius 1 is 0.615 bits per heavy atom. The van der Waals surface area contributed by atoms with Crippen molar-refractivity contribution in [1.82, 2.24) is 0 Å². The lowest BCUT2D eigenvalue weighted by atomic mass is 9.70. The lowest BCUT2D eigenvalue weighted by Crippen LogP contribution is -2.47. The molecule has 0 unspecified atom stereocenters. The van der Waals surface area contributed by atoms with Gasteiger partial charge in [-0.25, -0.2) is 0 Å². The van der Waals surface area contributed by atoms with E-state index in [1.54, 1.807) is 0 Å². The van der Waals surface area contributed by atoms with E-state index in [-0.39, 0.29) is 12.8 Å². The van der Waals surface area contributed by atoms with Crippen LogP contribution >= 0.6 is 0 Å². The second-order valence-corrected chi connectivity index (χ2v) is 6.65. The van der Waals surface area contributed by atoms with Crippen molar-refractivity contribution in [3.63, 3.8) is 0 Å². The number of rotatable bonds is 6. The van der Waals surface area contributed by atoms with E-state index in [9.17, 15) is 19.8 Å². The first-order valence-electron chi connectivity index (χ1n) is 8.37. The van der Waals surface area contributed by atoms with E-state index in [0.717, 1.165) is 11.1 Å². The van der Waals surface area contributed by atoms with Gasteiger partial charge in [-0.15, -0.1) is 0 Å². The summed E-state index contributed by atoms with van der Waals surface area (Å²) in [5, 5.41) is 23.7. The van der Waals surface area contributed by atoms with Gasteiger partial charge in [-0.1, -0.05) is 85.0 Å². The van der Waals surface area contributed by atoms with Gasteiger partial charge in [0.2, 0.25) is 0 Å². The molecule has 0 bridgehead atoms. The van der Waals surface area contributed by atoms with E-state index < -0.39 is 22.8 Å². The number of carbonyl (C=O) groups is 2. The number of carbonyl (C=O) groups excluding carboxylic acids is 2. The Labute approximate surface area is 152 Å². The summed E-state index contributed by atoms with van der Waals surface area (Å²) < 4.78 is 0. The minimum Gasteiger partial charge on any atom is -0.549 e. The van der Waals surface area contributed by atoms with E-state index in [2.05, 4.69) is 0 Å². The molecule has 4 nitrogen and oxygen atoms in total. The van der Waals surface area contributed by atoms with Crippen LogP contribution in [-0.2, 0) is 22.4 Å². The van der Waals surface area contributed by atoms with Crippen molar-refractivity contribution in [3.8, 4) is 0 Å². The molecule has 1 aliphatic rings. The second-order valence-electron chi connectivity index (χ2n) is 6.65. The summed E-state index contributed by atoms with van der Waals surface area (Å²) >= 11 is 0. The zero-order valence-electron chi connectivity index (χ0n) is 14.1. The number of benzene rings is 2. The smallest absolute Gasteiger partial charge is 0.0555 e. The van der Waals surface area contributed by atoms with Crippen LogP contribution in [0.1, 0.15) is 11.1 Å². The molecule has 0 saturated heterocycles. The van der Waals surface area contributed by atoms with Crippen LogP contribution in [0.5, 0.6) is 0 Å². The highest BCUT2D eigenvalue weighted by Gasteiger charge is 2.36. The van der Waals surface area contributed by atoms with Gasteiger partial charge in [-0.05, 0) is 24.0 Å². The van der Waals surface area contributed by atoms with Crippen molar-refractivity contribution in [3.05, 3.63) is 96.1 Å². The largest absolute Gasteiger partial charge is 0.549 e. The van der Waals surface area contributed by atoms with Gasteiger partial charge in [0, 0.05) is 10.8 Å². The molecule has 1 aliphatic carbocycles. The SMILES string of the molecule is O=C([O-])C1(Cc2ccccc2)C=CC(Cc2ccccc2)(C(=O)[O-])C=C1. The molecule has 0 amide bonds. The highest BCUT2D eigenvalue weighted by Crippen LogP contribution is 2.38. The Hall–Kier alpha value is -3.14. The minimum absolute atomic E-state index is 0.192. The van der Waals surface area contributed by atoms with Crippen LogP contribution in [0, 0.1) is 10.8 Å². The van der Waals surface area contributed by atoms with Crippen molar-refractivity contribution < 1.29 is 19.8 Å². The first kappa shape index (κ1) is 17.7. The van der Waals surface area contributed by atoms with Crippen LogP contribution in [-0.4, -0.2) is 11.9 Å². The van der Waals surface area contributed by atoms with E-state index in [0.29, 0.717) is 0 Å². The highest BCUT2D eigenvalue weighted by molar-refractivity contribution is 5.83. The highest BCUT2D eigenvalue weighted by atomic mass is 16.4. The topological polar surface area (TPSA) is 80.3 Å². The molecule has 0 N–H and O–H groups in total. The van der Waals surface area contributed by atoms with E-state index in [1.165, 1.54) is 24.3 Å². The van der Waals surface area contributed by atoms with Crippen LogP contribution in [0.25, 0.3) is 0 Å². The Morgan fingerprint density at radius 2 is 0.923 bits per heavy atom. The molecule has 0 atom stereocenters. The molecule has 132 valence electrons. The van der Waals surface area contributed by atoms with Crippen LogP contribution in [0.2, 0.25) is 0 Å². The number of hydrogen-bond acceptors (Lipinski definition) is 4. The molecule has 0 spiro atoms. The maximum atomic E-state index is 11.8. The molecular formula is C22H18O4-2. The number of hydrogen-bond donors (Lipinski definition) is 0. The van der Waals surface area contributed by atoms with Crippen molar-refractivity contribution >= 4 is 11.9 Å². The molecule has 4 heteroatoms. The maximum absolute atomic E-state index is 11.8. The standard InChI is InChI=1S/C22H20O4/c23-19(24)21(15-17-7-3-1-4-8-17)11-13-22(14-12-21,20(25)26)16-18-9-5-2-6-10-18/h1-14H,15-16H2,(H,23,24)(H,25,26)/p-2. The number of carboxylic acids is 2. The fourth-order valence-corrected chi connectivity index (χ4v) is 3.23. The van der Waals surface area contributed by atoms with E-state index in [4.69, 9.17) is 0 Å². The summed E-state index contributed by atoms with van der Waals surface area (Å²) in [5.41, 5.74) is -1.10. The molecule has 2 aromatic carbocycles. The third-order valence-electron chi connectivity index (χ3n) is 4.80. The molecular weight excluding hydrogens is 328 g/mol. The summed E-state index contributed by atoms with van der Waals surface area (Å²) in [5.74, 6) is -2.53. The fourth-order valence-electron chi connectivity index (χ4n) is 3.23. The molecule has 2 aromatic rings. The average Bonchev–Trinajstić information content (AvgIpc) is 2.65. The summed E-state index contributed by atoms with van der Waals surface area (Å²) in [7, 11) is 0. The van der Waals surface area contributed by atoms with Gasteiger partial charge in [0.15, 0.2) is 0 Å². The fraction of sp³-hybridized carbons (Fsp3) is 0.182. The third-order valence-corrected chi connectivity index (χ3v) is 4.80. The summed E-state index contributed by atoms with van der Waals surface area (Å²) in [4.78, 5) is 23.7. The van der Waals surface area contributed by atoms with Gasteiger partial charge < -0.3 is 19.8 Å². The summed E-state index contributed by atoms with van der Waals surface area (Å²) in [6.45, 7) is 0. The zero-order valence-corrected chi connectivity index (χ0v) is 14.1. The van der Waals surface area contributed by atoms with Gasteiger partial charge in [0.25, 0.3) is 0 Å². The third kappa shape index (κ3) is 3.45. The van der Waals surface area contributed by atoms with Crippen LogP contribution < -0.4 is 10.2 Å². The van der Waals surface area contributed by atoms with Gasteiger partial charge in [-0.2, -0.15) is 0 Å². The van der Waals surface area contributed by atoms with Crippen LogP contribution in [0.15, 0.2) is 85.0 Å². The van der Waals surface area contributed by atoms with E-state index in [1.807, 2.05) is 60.7 Å². The molecule has 0 saturated carbocycles. The van der Waals surface area contributed by atoms with Crippen molar-refractivity contribution in [2.75, 3.05) is 0 Å². The molecule has 0 fully saturated rings. The first-order chi connectivity index (χ1) is 12.5. The lowest BCUT2D eigenvalue weighted by Gasteiger charge is -2.38. The van der Waals surface area contributed by atoms with Gasteiger partial charge in [-0.3, -0.25) is 0 Å². The number of aliphatic carboxylic acids is 2. The summed E-state index contributed by atoms with van der Waals surface area (Å²) in [6, 6.07) is 18.3. The predicted molar refractivity (Wildman–Crippen MR) is 93.5 cm³/mol. The maximum Gasteiger partial charge on any atom is 0.0555 e. The number of carboxylic acid groups (broad SMARTS) is 2. The minimum atomic E-state index is -1.38. The second kappa shape index (κ2) is 7.00. The Balaban J connectivity index is 1.93. The van der Waals surface area contributed by atoms with Crippen molar-refractivity contribution in [2.45, 2.75) is 12.8 Å². The monoisotopic (exact) mass is 346 g/mol. The van der Waals surface area contributed by atoms with Gasteiger partial charge in [0.05, 0.1) is 11.9 Å². The Kier molecular flexibility index (Phi) is 4.76. The van der Waals surface area contributed by atoms with Gasteiger partial charge in [0.1, 0.15) is 0 Å². The van der Waals surface area contributed by atoms with Crippen LogP contribution in [0.4, 0.5) is 0 Å². The molecule has 26 heavy (non-hydrogen) atoms. The van der Waals surface area contributed by atoms with Crippen LogP contribution in [0.3, 0.4) is 0 Å². The Morgan fingerprint density at radius 3 is 1.19 bits per heavy atom. The Bertz CT molecular complexity index is 765.